The van der Waals surface area contributed by atoms with Crippen LogP contribution < -0.4 is 0 Å². The first-order valence-electron chi connectivity index (χ1n) is 14.1. The molecule has 0 aliphatic carbocycles. The molecule has 1 aromatic carbocycles. The van der Waals surface area contributed by atoms with E-state index in [2.05, 4.69) is 20.8 Å². The van der Waals surface area contributed by atoms with Crippen LogP contribution in [-0.4, -0.2) is 18.5 Å². The van der Waals surface area contributed by atoms with Gasteiger partial charge in [-0.05, 0) is 37.7 Å². The van der Waals surface area contributed by atoms with Crippen LogP contribution in [0.1, 0.15) is 136 Å². The Bertz CT molecular complexity index is 337. The summed E-state index contributed by atoms with van der Waals surface area (Å²) in [6.45, 7) is 6.96. The molecule has 0 nitrogen and oxygen atoms in total. The fraction of sp³-hybridized carbons (Fsp3) is 0.800. The Kier molecular flexibility index (Phi) is 27.4. The summed E-state index contributed by atoms with van der Waals surface area (Å²) in [5.74, 6) is 0. The molecular formula is C30H57P. The van der Waals surface area contributed by atoms with Gasteiger partial charge in [-0.1, -0.05) is 153 Å². The molecule has 0 atom stereocenters. The molecule has 0 amide bonds. The predicted octanol–water partition coefficient (Wildman–Crippen LogP) is 11.2. The van der Waals surface area contributed by atoms with Crippen LogP contribution in [0.3, 0.4) is 0 Å². The van der Waals surface area contributed by atoms with Crippen LogP contribution >= 0.6 is 7.92 Å². The molecule has 0 N–H and O–H groups in total. The van der Waals surface area contributed by atoms with Crippen molar-refractivity contribution in [2.45, 2.75) is 136 Å². The predicted molar refractivity (Wildman–Crippen MR) is 148 cm³/mol. The van der Waals surface area contributed by atoms with Crippen LogP contribution in [0.15, 0.2) is 36.4 Å². The van der Waals surface area contributed by atoms with E-state index in [1.807, 2.05) is 36.4 Å². The van der Waals surface area contributed by atoms with Crippen molar-refractivity contribution in [3.05, 3.63) is 36.4 Å². The minimum Gasteiger partial charge on any atom is -0.107 e. The maximum Gasteiger partial charge on any atom is -0.0326 e. The van der Waals surface area contributed by atoms with Gasteiger partial charge >= 0.3 is 0 Å². The van der Waals surface area contributed by atoms with Crippen molar-refractivity contribution >= 4 is 7.92 Å². The number of hydrogen-bond donors (Lipinski definition) is 0. The van der Waals surface area contributed by atoms with Gasteiger partial charge in [-0.2, -0.15) is 0 Å². The van der Waals surface area contributed by atoms with Crippen LogP contribution in [0.25, 0.3) is 0 Å². The lowest BCUT2D eigenvalue weighted by atomic mass is 10.1. The van der Waals surface area contributed by atoms with Crippen LogP contribution in [0.4, 0.5) is 0 Å². The first-order chi connectivity index (χ1) is 15.3. The van der Waals surface area contributed by atoms with Gasteiger partial charge in [0.05, 0.1) is 0 Å². The number of rotatable bonds is 21. The molecule has 0 fully saturated rings. The molecule has 0 spiro atoms. The third-order valence-corrected chi connectivity index (χ3v) is 9.00. The van der Waals surface area contributed by atoms with Gasteiger partial charge in [0, 0.05) is 0 Å². The van der Waals surface area contributed by atoms with Gasteiger partial charge in [0.2, 0.25) is 0 Å². The third kappa shape index (κ3) is 25.8. The highest BCUT2D eigenvalue weighted by molar-refractivity contribution is 7.57. The molecule has 0 heterocycles. The smallest absolute Gasteiger partial charge is 0.0326 e. The monoisotopic (exact) mass is 448 g/mol. The Morgan fingerprint density at radius 2 is 0.548 bits per heavy atom. The Morgan fingerprint density at radius 1 is 0.323 bits per heavy atom. The molecule has 0 unspecified atom stereocenters. The summed E-state index contributed by atoms with van der Waals surface area (Å²) in [4.78, 5) is 0. The molecule has 1 aromatic rings. The quantitative estimate of drug-likeness (QED) is 0.129. The Morgan fingerprint density at radius 3 is 0.806 bits per heavy atom. The number of benzene rings is 1. The highest BCUT2D eigenvalue weighted by Gasteiger charge is 2.07. The first-order valence-corrected chi connectivity index (χ1v) is 16.0. The maximum atomic E-state index is 2.32. The fourth-order valence-electron chi connectivity index (χ4n) is 4.07. The van der Waals surface area contributed by atoms with Gasteiger partial charge in [0.25, 0.3) is 0 Å². The minimum atomic E-state index is 0.366. The van der Waals surface area contributed by atoms with Crippen molar-refractivity contribution < 1.29 is 0 Å². The zero-order valence-corrected chi connectivity index (χ0v) is 22.7. The van der Waals surface area contributed by atoms with E-state index in [4.69, 9.17) is 0 Å². The van der Waals surface area contributed by atoms with Crippen LogP contribution in [0.5, 0.6) is 0 Å². The molecule has 0 radical (unpaired) electrons. The molecule has 182 valence electrons. The highest BCUT2D eigenvalue weighted by Crippen LogP contribution is 2.39. The van der Waals surface area contributed by atoms with Crippen molar-refractivity contribution in [1.29, 1.82) is 0 Å². The van der Waals surface area contributed by atoms with E-state index in [0.29, 0.717) is 7.92 Å². The highest BCUT2D eigenvalue weighted by atomic mass is 31.1. The summed E-state index contributed by atoms with van der Waals surface area (Å²) < 4.78 is 0. The maximum absolute atomic E-state index is 2.32. The van der Waals surface area contributed by atoms with Gasteiger partial charge < -0.3 is 0 Å². The molecular weight excluding hydrogens is 391 g/mol. The molecule has 0 bridgehead atoms. The average Bonchev–Trinajstić information content (AvgIpc) is 2.81. The van der Waals surface area contributed by atoms with E-state index in [0.717, 1.165) is 0 Å². The van der Waals surface area contributed by atoms with Crippen molar-refractivity contribution in [3.8, 4) is 0 Å². The van der Waals surface area contributed by atoms with Crippen LogP contribution in [-0.2, 0) is 0 Å². The Hall–Kier alpha value is -0.350. The fourth-order valence-corrected chi connectivity index (χ4v) is 6.75. The van der Waals surface area contributed by atoms with E-state index >= 15 is 0 Å². The second-order valence-corrected chi connectivity index (χ2v) is 12.0. The average molecular weight is 449 g/mol. The van der Waals surface area contributed by atoms with Gasteiger partial charge in [-0.25, -0.2) is 0 Å². The molecule has 0 aliphatic heterocycles. The van der Waals surface area contributed by atoms with Gasteiger partial charge in [0.15, 0.2) is 0 Å². The SMILES string of the molecule is CCCCCCCCP(CCCCCCCC)CCCCCCCC.c1ccccc1. The lowest BCUT2D eigenvalue weighted by Gasteiger charge is -2.18. The molecule has 1 rings (SSSR count). The largest absolute Gasteiger partial charge is 0.107 e. The zero-order valence-electron chi connectivity index (χ0n) is 21.8. The van der Waals surface area contributed by atoms with E-state index in [1.54, 1.807) is 18.5 Å². The van der Waals surface area contributed by atoms with E-state index in [-0.39, 0.29) is 0 Å². The van der Waals surface area contributed by atoms with E-state index < -0.39 is 0 Å². The van der Waals surface area contributed by atoms with Crippen LogP contribution in [0, 0.1) is 0 Å². The van der Waals surface area contributed by atoms with E-state index in [9.17, 15) is 0 Å². The van der Waals surface area contributed by atoms with Crippen LogP contribution in [0.2, 0.25) is 0 Å². The molecule has 0 saturated carbocycles. The third-order valence-electron chi connectivity index (χ3n) is 6.15. The molecule has 0 aliphatic rings. The normalized spacial score (nSPS) is 10.8. The summed E-state index contributed by atoms with van der Waals surface area (Å²) in [5, 5.41) is 0. The standard InChI is InChI=1S/C24H51P.C6H6/c1-4-7-10-13-16-19-22-25(23-20-17-14-11-8-5-2)24-21-18-15-12-9-6-3;1-2-4-6-5-3-1/h4-24H2,1-3H3;1-6H. The van der Waals surface area contributed by atoms with Gasteiger partial charge in [0.1, 0.15) is 0 Å². The Balaban J connectivity index is 0.00000127. The van der Waals surface area contributed by atoms with Crippen molar-refractivity contribution in [3.63, 3.8) is 0 Å². The molecule has 31 heavy (non-hydrogen) atoms. The Labute approximate surface area is 199 Å². The van der Waals surface area contributed by atoms with Crippen molar-refractivity contribution in [1.82, 2.24) is 0 Å². The number of unbranched alkanes of at least 4 members (excludes halogenated alkanes) is 15. The summed E-state index contributed by atoms with van der Waals surface area (Å²) >= 11 is 0. The second-order valence-electron chi connectivity index (χ2n) is 9.30. The topological polar surface area (TPSA) is 0 Å². The summed E-state index contributed by atoms with van der Waals surface area (Å²) in [7, 11) is 0.366. The molecule has 0 aromatic heterocycles. The van der Waals surface area contributed by atoms with Gasteiger partial charge in [-0.15, -0.1) is 7.92 Å². The summed E-state index contributed by atoms with van der Waals surface area (Å²) in [6, 6.07) is 12.0. The minimum absolute atomic E-state index is 0.366. The first kappa shape index (κ1) is 30.6. The number of hydrogen-bond acceptors (Lipinski definition) is 0. The second kappa shape index (κ2) is 27.7. The van der Waals surface area contributed by atoms with Gasteiger partial charge in [-0.3, -0.25) is 0 Å². The summed E-state index contributed by atoms with van der Waals surface area (Å²) in [5.41, 5.74) is 0. The van der Waals surface area contributed by atoms with Crippen molar-refractivity contribution in [2.75, 3.05) is 18.5 Å². The lowest BCUT2D eigenvalue weighted by molar-refractivity contribution is 0.617. The van der Waals surface area contributed by atoms with Crippen molar-refractivity contribution in [2.24, 2.45) is 0 Å². The molecule has 1 heteroatoms. The van der Waals surface area contributed by atoms with E-state index in [1.165, 1.54) is 116 Å². The zero-order chi connectivity index (χ0) is 22.7. The molecule has 0 saturated heterocycles. The summed E-state index contributed by atoms with van der Waals surface area (Å²) in [6.07, 6.45) is 31.2. The lowest BCUT2D eigenvalue weighted by Crippen LogP contribution is -1.97.